The van der Waals surface area contributed by atoms with Crippen molar-refractivity contribution >= 4 is 74.5 Å². The predicted octanol–water partition coefficient (Wildman–Crippen LogP) is 10.1. The van der Waals surface area contributed by atoms with Gasteiger partial charge in [0.25, 0.3) is 0 Å². The number of hydrogen-bond donors (Lipinski definition) is 7. The molecule has 0 fully saturated rings. The van der Waals surface area contributed by atoms with Crippen molar-refractivity contribution in [1.82, 2.24) is 25.8 Å². The van der Waals surface area contributed by atoms with E-state index in [1.54, 1.807) is 80.3 Å². The van der Waals surface area contributed by atoms with Crippen molar-refractivity contribution in [3.05, 3.63) is 91.1 Å². The molecule has 2 heterocycles. The predicted molar refractivity (Wildman–Crippen MR) is 252 cm³/mol. The van der Waals surface area contributed by atoms with Gasteiger partial charge in [-0.25, -0.2) is 19.2 Å². The summed E-state index contributed by atoms with van der Waals surface area (Å²) in [5, 5.41) is 20.6. The summed E-state index contributed by atoms with van der Waals surface area (Å²) in [7, 11) is 6.37. The molecule has 0 radical (unpaired) electrons. The number of thiophene rings is 1. The van der Waals surface area contributed by atoms with Crippen molar-refractivity contribution in [2.75, 3.05) is 44.1 Å². The van der Waals surface area contributed by atoms with Crippen molar-refractivity contribution in [2.24, 2.45) is 0 Å². The largest absolute Gasteiger partial charge is 0.491 e. The molecule has 0 aliphatic rings. The van der Waals surface area contributed by atoms with Crippen LogP contribution in [0.3, 0.4) is 0 Å². The van der Waals surface area contributed by atoms with Crippen LogP contribution in [0.15, 0.2) is 95.3 Å². The number of aromatic nitrogens is 1. The van der Waals surface area contributed by atoms with Crippen molar-refractivity contribution < 1.29 is 33.4 Å². The average Bonchev–Trinajstić information content (AvgIpc) is 3.84. The number of benzene rings is 3. The van der Waals surface area contributed by atoms with Gasteiger partial charge in [-0.3, -0.25) is 9.88 Å². The third kappa shape index (κ3) is 20.2. The standard InChI is InChI=1S/C13H16N2O2.2C11H16N2O2.C9H14N2OS2/c1-9(2)17-11-4-5-12-10(8-11)6-7-15(12)13(16)14-3;1-8(2)15-10-6-4-9(5-7-10)13-11(14)12-3;1-8(2)15-10-6-4-5-9(7-10)13-11(14)12-3;1-6(2)13-8-5-4-7(14-8)11-9(12)10-3/h4-9H,1-3H3,(H,14,16);2*4-8H,1-3H3,(H2,12,13,14);4-6H,1-3H3,(H2,10,11,12). The number of anilines is 3. The normalized spacial score (nSPS) is 10.2. The Morgan fingerprint density at radius 3 is 1.62 bits per heavy atom. The Balaban J connectivity index is 0.000000281. The van der Waals surface area contributed by atoms with E-state index in [-0.39, 0.29) is 42.4 Å². The lowest BCUT2D eigenvalue weighted by Gasteiger charge is -2.11. The van der Waals surface area contributed by atoms with Crippen LogP contribution in [0.2, 0.25) is 0 Å². The molecule has 2 aromatic heterocycles. The fraction of sp³-hybridized carbons (Fsp3) is 0.364. The van der Waals surface area contributed by atoms with E-state index in [1.165, 1.54) is 4.21 Å². The van der Waals surface area contributed by atoms with Gasteiger partial charge in [-0.2, -0.15) is 0 Å². The van der Waals surface area contributed by atoms with E-state index >= 15 is 0 Å². The first kappa shape index (κ1) is 51.1. The maximum absolute atomic E-state index is 11.6. The molecule has 17 heteroatoms. The Bertz CT molecular complexity index is 2100. The summed E-state index contributed by atoms with van der Waals surface area (Å²) >= 11 is 3.40. The molecule has 3 aromatic carbocycles. The van der Waals surface area contributed by atoms with Gasteiger partial charge in [-0.05, 0) is 114 Å². The Morgan fingerprint density at radius 2 is 1.08 bits per heavy atom. The molecule has 0 spiro atoms. The monoisotopic (exact) mass is 878 g/mol. The first-order chi connectivity index (χ1) is 29.0. The minimum Gasteiger partial charge on any atom is -0.491 e. The maximum Gasteiger partial charge on any atom is 0.325 e. The molecule has 0 aliphatic carbocycles. The smallest absolute Gasteiger partial charge is 0.325 e. The van der Waals surface area contributed by atoms with E-state index in [1.807, 2.05) is 108 Å². The molecule has 15 nitrogen and oxygen atoms in total. The van der Waals surface area contributed by atoms with Crippen molar-refractivity contribution in [1.29, 1.82) is 0 Å². The molecule has 0 atom stereocenters. The Morgan fingerprint density at radius 1 is 0.557 bits per heavy atom. The highest BCUT2D eigenvalue weighted by Crippen LogP contribution is 2.33. The molecule has 7 amide bonds. The van der Waals surface area contributed by atoms with Crippen LogP contribution < -0.4 is 51.4 Å². The van der Waals surface area contributed by atoms with Crippen molar-refractivity contribution in [3.63, 3.8) is 0 Å². The topological polar surface area (TPSA) is 185 Å². The third-order valence-electron chi connectivity index (χ3n) is 7.26. The first-order valence-electron chi connectivity index (χ1n) is 19.7. The number of urea groups is 3. The number of nitrogens with one attached hydrogen (secondary N) is 7. The molecular weight excluding hydrogens is 817 g/mol. The van der Waals surface area contributed by atoms with Crippen LogP contribution in [0, 0.1) is 0 Å². The van der Waals surface area contributed by atoms with E-state index in [0.29, 0.717) is 10.9 Å². The van der Waals surface area contributed by atoms with Gasteiger partial charge in [0.05, 0.1) is 33.0 Å². The SMILES string of the molecule is CNC(=O)Nc1ccc(OC(C)C)cc1.CNC(=O)Nc1ccc(SC(C)C)s1.CNC(=O)Nc1cccc(OC(C)C)c1.CNC(=O)n1ccc2cc(OC(C)C)ccc21. The van der Waals surface area contributed by atoms with Gasteiger partial charge in [-0.1, -0.05) is 19.9 Å². The number of ether oxygens (including phenoxy) is 3. The number of nitrogens with zero attached hydrogens (tertiary/aromatic N) is 1. The number of rotatable bonds is 11. The molecule has 0 saturated heterocycles. The van der Waals surface area contributed by atoms with E-state index < -0.39 is 0 Å². The quantitative estimate of drug-likeness (QED) is 0.0639. The molecule has 5 aromatic rings. The lowest BCUT2D eigenvalue weighted by Crippen LogP contribution is -2.24. The van der Waals surface area contributed by atoms with Gasteiger partial charge in [0, 0.05) is 62.5 Å². The van der Waals surface area contributed by atoms with Crippen LogP contribution in [0.25, 0.3) is 10.9 Å². The van der Waals surface area contributed by atoms with Crippen LogP contribution in [-0.4, -0.2) is 80.4 Å². The summed E-state index contributed by atoms with van der Waals surface area (Å²) in [6, 6.07) is 25.3. The van der Waals surface area contributed by atoms with Crippen LogP contribution >= 0.6 is 23.1 Å². The van der Waals surface area contributed by atoms with Gasteiger partial charge < -0.3 is 46.1 Å². The number of fused-ring (bicyclic) bond motifs is 1. The van der Waals surface area contributed by atoms with Gasteiger partial charge in [0.15, 0.2) is 0 Å². The fourth-order valence-corrected chi connectivity index (χ4v) is 7.10. The second-order valence-corrected chi connectivity index (χ2v) is 16.9. The molecular formula is C44H62N8O7S2. The average molecular weight is 879 g/mol. The molecule has 5 rings (SSSR count). The summed E-state index contributed by atoms with van der Waals surface area (Å²) in [5.74, 6) is 2.37. The van der Waals surface area contributed by atoms with Crippen molar-refractivity contribution in [3.8, 4) is 17.2 Å². The molecule has 7 N–H and O–H groups in total. The minimum atomic E-state index is -0.239. The van der Waals surface area contributed by atoms with E-state index in [2.05, 4.69) is 51.1 Å². The lowest BCUT2D eigenvalue weighted by molar-refractivity contribution is 0.242. The van der Waals surface area contributed by atoms with Gasteiger partial charge in [0.2, 0.25) is 0 Å². The molecule has 332 valence electrons. The highest BCUT2D eigenvalue weighted by Gasteiger charge is 2.09. The van der Waals surface area contributed by atoms with Crippen LogP contribution in [0.1, 0.15) is 55.4 Å². The molecule has 0 unspecified atom stereocenters. The third-order valence-corrected chi connectivity index (χ3v) is 9.44. The first-order valence-corrected chi connectivity index (χ1v) is 21.4. The lowest BCUT2D eigenvalue weighted by atomic mass is 10.2. The Labute approximate surface area is 368 Å². The molecule has 0 aliphatic heterocycles. The van der Waals surface area contributed by atoms with E-state index in [9.17, 15) is 19.2 Å². The molecule has 0 saturated carbocycles. The van der Waals surface area contributed by atoms with Crippen LogP contribution in [-0.2, 0) is 0 Å². The Kier molecular flexibility index (Phi) is 22.5. The van der Waals surface area contributed by atoms with E-state index in [4.69, 9.17) is 14.2 Å². The highest BCUT2D eigenvalue weighted by molar-refractivity contribution is 8.01. The Hall–Kier alpha value is -6.07. The zero-order valence-corrected chi connectivity index (χ0v) is 38.7. The van der Waals surface area contributed by atoms with E-state index in [0.717, 1.165) is 38.8 Å². The second-order valence-electron chi connectivity index (χ2n) is 13.9. The number of carbonyl (C=O) groups excluding carboxylic acids is 4. The fourth-order valence-electron chi connectivity index (χ4n) is 4.82. The van der Waals surface area contributed by atoms with Crippen molar-refractivity contribution in [2.45, 2.75) is 83.2 Å². The van der Waals surface area contributed by atoms with Crippen LogP contribution in [0.4, 0.5) is 35.6 Å². The van der Waals surface area contributed by atoms with Crippen LogP contribution in [0.5, 0.6) is 17.2 Å². The summed E-state index contributed by atoms with van der Waals surface area (Å²) in [4.78, 5) is 44.6. The maximum atomic E-state index is 11.6. The van der Waals surface area contributed by atoms with Gasteiger partial charge in [0.1, 0.15) is 17.2 Å². The molecule has 0 bridgehead atoms. The second kappa shape index (κ2) is 26.9. The number of thioether (sulfide) groups is 1. The summed E-state index contributed by atoms with van der Waals surface area (Å²) in [5.41, 5.74) is 2.33. The highest BCUT2D eigenvalue weighted by atomic mass is 32.2. The zero-order chi connectivity index (χ0) is 45.5. The summed E-state index contributed by atoms with van der Waals surface area (Å²) in [6.45, 7) is 16.1. The summed E-state index contributed by atoms with van der Waals surface area (Å²) < 4.78 is 19.4. The minimum absolute atomic E-state index is 0.125. The molecule has 61 heavy (non-hydrogen) atoms. The number of amides is 7. The number of hydrogen-bond acceptors (Lipinski definition) is 9. The van der Waals surface area contributed by atoms with Gasteiger partial charge in [-0.15, -0.1) is 23.1 Å². The summed E-state index contributed by atoms with van der Waals surface area (Å²) in [6.07, 6.45) is 2.18. The zero-order valence-electron chi connectivity index (χ0n) is 37.1. The van der Waals surface area contributed by atoms with Gasteiger partial charge >= 0.3 is 24.1 Å². The number of carbonyl (C=O) groups is 4.